The van der Waals surface area contributed by atoms with E-state index in [0.29, 0.717) is 13.2 Å². The summed E-state index contributed by atoms with van der Waals surface area (Å²) in [7, 11) is 0. The zero-order valence-corrected chi connectivity index (χ0v) is 22.0. The van der Waals surface area contributed by atoms with Crippen LogP contribution in [-0.4, -0.2) is 88.7 Å². The predicted octanol–water partition coefficient (Wildman–Crippen LogP) is 4.84. The van der Waals surface area contributed by atoms with Crippen LogP contribution in [0.1, 0.15) is 37.8 Å². The Morgan fingerprint density at radius 1 is 0.611 bits per heavy atom. The summed E-state index contributed by atoms with van der Waals surface area (Å²) in [6.07, 6.45) is 1.97. The van der Waals surface area contributed by atoms with Crippen molar-refractivity contribution < 1.29 is 18.9 Å². The molecule has 2 aliphatic rings. The smallest absolute Gasteiger partial charge is 0.119 e. The second-order valence-electron chi connectivity index (χ2n) is 9.32. The number of ether oxygens (including phenoxy) is 4. The fraction of sp³-hybridized carbons (Fsp3) is 0.533. The van der Waals surface area contributed by atoms with Crippen molar-refractivity contribution >= 4 is 11.1 Å². The third-order valence-corrected chi connectivity index (χ3v) is 7.04. The molecule has 0 saturated carbocycles. The molecule has 2 heterocycles. The van der Waals surface area contributed by atoms with E-state index in [0.717, 1.165) is 90.0 Å². The van der Waals surface area contributed by atoms with Crippen LogP contribution in [0.4, 0.5) is 0 Å². The summed E-state index contributed by atoms with van der Waals surface area (Å²) in [5, 5.41) is 0. The lowest BCUT2D eigenvalue weighted by molar-refractivity contribution is 0.0321. The van der Waals surface area contributed by atoms with Gasteiger partial charge in [0.1, 0.15) is 24.7 Å². The minimum Gasteiger partial charge on any atom is -0.492 e. The predicted molar refractivity (Wildman–Crippen MR) is 146 cm³/mol. The summed E-state index contributed by atoms with van der Waals surface area (Å²) in [6.45, 7) is 15.0. The van der Waals surface area contributed by atoms with E-state index in [1.54, 1.807) is 0 Å². The Labute approximate surface area is 216 Å². The van der Waals surface area contributed by atoms with Crippen molar-refractivity contribution in [2.24, 2.45) is 0 Å². The molecule has 0 amide bonds. The fourth-order valence-corrected chi connectivity index (χ4v) is 4.92. The lowest BCUT2D eigenvalue weighted by Gasteiger charge is -2.26. The minimum atomic E-state index is 0.705. The summed E-state index contributed by atoms with van der Waals surface area (Å²) >= 11 is 0. The van der Waals surface area contributed by atoms with Crippen LogP contribution in [0.25, 0.3) is 11.1 Å². The van der Waals surface area contributed by atoms with E-state index >= 15 is 0 Å². The quantitative estimate of drug-likeness (QED) is 0.394. The van der Waals surface area contributed by atoms with E-state index in [1.165, 1.54) is 22.3 Å². The maximum absolute atomic E-state index is 6.01. The highest BCUT2D eigenvalue weighted by Crippen LogP contribution is 2.33. The van der Waals surface area contributed by atoms with Crippen LogP contribution in [0, 0.1) is 0 Å². The van der Waals surface area contributed by atoms with E-state index in [9.17, 15) is 0 Å². The molecular formula is C30H42N2O4. The van der Waals surface area contributed by atoms with Gasteiger partial charge in [-0.2, -0.15) is 0 Å². The van der Waals surface area contributed by atoms with Gasteiger partial charge in [0.25, 0.3) is 0 Å². The van der Waals surface area contributed by atoms with Crippen molar-refractivity contribution in [2.45, 2.75) is 26.7 Å². The van der Waals surface area contributed by atoms with Gasteiger partial charge in [0, 0.05) is 39.3 Å². The molecule has 0 aliphatic carbocycles. The van der Waals surface area contributed by atoms with Crippen LogP contribution in [0.5, 0.6) is 11.5 Å². The second-order valence-corrected chi connectivity index (χ2v) is 9.32. The van der Waals surface area contributed by atoms with Crippen molar-refractivity contribution in [2.75, 3.05) is 78.9 Å². The third-order valence-electron chi connectivity index (χ3n) is 7.04. The number of benzene rings is 2. The summed E-state index contributed by atoms with van der Waals surface area (Å²) < 4.78 is 22.9. The van der Waals surface area contributed by atoms with Crippen molar-refractivity contribution in [1.82, 2.24) is 9.80 Å². The van der Waals surface area contributed by atoms with Crippen LogP contribution >= 0.6 is 0 Å². The third kappa shape index (κ3) is 7.81. The molecule has 0 aromatic heterocycles. The minimum absolute atomic E-state index is 0.705. The first-order valence-electron chi connectivity index (χ1n) is 13.6. The molecule has 2 aromatic rings. The second kappa shape index (κ2) is 14.4. The highest BCUT2D eigenvalue weighted by Gasteiger charge is 2.12. The lowest BCUT2D eigenvalue weighted by atomic mass is 9.91. The van der Waals surface area contributed by atoms with Gasteiger partial charge in [0.05, 0.1) is 26.4 Å². The van der Waals surface area contributed by atoms with Crippen molar-refractivity contribution in [3.63, 3.8) is 0 Å². The molecule has 0 radical (unpaired) electrons. The van der Waals surface area contributed by atoms with Gasteiger partial charge in [0.15, 0.2) is 0 Å². The summed E-state index contributed by atoms with van der Waals surface area (Å²) in [5.74, 6) is 1.86. The van der Waals surface area contributed by atoms with Crippen LogP contribution in [0.2, 0.25) is 0 Å². The first-order valence-corrected chi connectivity index (χ1v) is 13.6. The maximum Gasteiger partial charge on any atom is 0.119 e. The van der Waals surface area contributed by atoms with Crippen molar-refractivity contribution in [3.05, 3.63) is 59.7 Å². The molecular weight excluding hydrogens is 452 g/mol. The van der Waals surface area contributed by atoms with Crippen LogP contribution < -0.4 is 9.47 Å². The van der Waals surface area contributed by atoms with Crippen LogP contribution in [0.15, 0.2) is 48.5 Å². The molecule has 2 aromatic carbocycles. The fourth-order valence-electron chi connectivity index (χ4n) is 4.92. The Hall–Kier alpha value is -2.38. The van der Waals surface area contributed by atoms with E-state index in [1.807, 2.05) is 0 Å². The van der Waals surface area contributed by atoms with Crippen molar-refractivity contribution in [1.29, 1.82) is 0 Å². The molecule has 0 bridgehead atoms. The zero-order chi connectivity index (χ0) is 25.0. The van der Waals surface area contributed by atoms with E-state index in [-0.39, 0.29) is 0 Å². The van der Waals surface area contributed by atoms with Gasteiger partial charge < -0.3 is 18.9 Å². The number of nitrogens with zero attached hydrogens (tertiary/aromatic N) is 2. The molecule has 2 aliphatic heterocycles. The number of rotatable bonds is 12. The average molecular weight is 495 g/mol. The van der Waals surface area contributed by atoms with E-state index < -0.39 is 0 Å². The summed E-state index contributed by atoms with van der Waals surface area (Å²) in [6, 6.07) is 17.2. The molecule has 2 saturated heterocycles. The summed E-state index contributed by atoms with van der Waals surface area (Å²) in [4.78, 5) is 4.79. The van der Waals surface area contributed by atoms with Gasteiger partial charge in [0.2, 0.25) is 0 Å². The van der Waals surface area contributed by atoms with Gasteiger partial charge in [-0.15, -0.1) is 0 Å². The maximum atomic E-state index is 6.01. The molecule has 6 heteroatoms. The molecule has 0 unspecified atom stereocenters. The number of hydrogen-bond acceptors (Lipinski definition) is 6. The van der Waals surface area contributed by atoms with Gasteiger partial charge >= 0.3 is 0 Å². The molecule has 196 valence electrons. The van der Waals surface area contributed by atoms with Gasteiger partial charge in [-0.05, 0) is 59.4 Å². The van der Waals surface area contributed by atoms with Gasteiger partial charge in [-0.25, -0.2) is 0 Å². The molecule has 0 N–H and O–H groups in total. The lowest BCUT2D eigenvalue weighted by Crippen LogP contribution is -2.38. The number of allylic oxidation sites excluding steroid dienone is 2. The Bertz CT molecular complexity index is 853. The zero-order valence-electron chi connectivity index (χ0n) is 22.0. The summed E-state index contributed by atoms with van der Waals surface area (Å²) in [5.41, 5.74) is 5.30. The molecule has 36 heavy (non-hydrogen) atoms. The largest absolute Gasteiger partial charge is 0.492 e. The monoisotopic (exact) mass is 494 g/mol. The molecule has 2 fully saturated rings. The Morgan fingerprint density at radius 2 is 0.972 bits per heavy atom. The first-order chi connectivity index (χ1) is 17.8. The molecule has 0 atom stereocenters. The Balaban J connectivity index is 1.33. The standard InChI is InChI=1S/C30H42N2O4/c1-3-29(25-5-9-27(10-6-25)35-23-17-31-13-19-33-20-14-31)30(4-2)26-7-11-28(12-8-26)36-24-18-32-15-21-34-22-16-32/h5-12H,3-4,13-24H2,1-2H3/b30-29-. The molecule has 4 rings (SSSR count). The van der Waals surface area contributed by atoms with Crippen LogP contribution in [0.3, 0.4) is 0 Å². The normalized spacial score (nSPS) is 18.1. The first kappa shape index (κ1) is 26.7. The molecule has 0 spiro atoms. The van der Waals surface area contributed by atoms with E-state index in [2.05, 4.69) is 72.2 Å². The molecule has 6 nitrogen and oxygen atoms in total. The topological polar surface area (TPSA) is 43.4 Å². The Morgan fingerprint density at radius 3 is 1.31 bits per heavy atom. The highest BCUT2D eigenvalue weighted by molar-refractivity contribution is 5.90. The SMILES string of the molecule is CC/C(=C(\CC)c1ccc(OCCN2CCOCC2)cc1)c1ccc(OCCN2CCOCC2)cc1. The van der Waals surface area contributed by atoms with Gasteiger partial charge in [-0.3, -0.25) is 9.80 Å². The van der Waals surface area contributed by atoms with Crippen LogP contribution in [-0.2, 0) is 9.47 Å². The van der Waals surface area contributed by atoms with Crippen molar-refractivity contribution in [3.8, 4) is 11.5 Å². The highest BCUT2D eigenvalue weighted by atomic mass is 16.5. The van der Waals surface area contributed by atoms with E-state index in [4.69, 9.17) is 18.9 Å². The average Bonchev–Trinajstić information content (AvgIpc) is 2.94. The number of hydrogen-bond donors (Lipinski definition) is 0. The van der Waals surface area contributed by atoms with Gasteiger partial charge in [-0.1, -0.05) is 38.1 Å². The Kier molecular flexibility index (Phi) is 10.7. The number of morpholine rings is 2.